The Bertz CT molecular complexity index is 908. The molecule has 0 fully saturated rings. The Hall–Kier alpha value is -2.47. The van der Waals surface area contributed by atoms with Gasteiger partial charge in [0.25, 0.3) is 0 Å². The van der Waals surface area contributed by atoms with Gasteiger partial charge in [-0.05, 0) is 31.3 Å². The number of benzene rings is 1. The zero-order valence-corrected chi connectivity index (χ0v) is 14.2. The minimum Gasteiger partial charge on any atom is -0.356 e. The van der Waals surface area contributed by atoms with Crippen LogP contribution in [0.3, 0.4) is 0 Å². The van der Waals surface area contributed by atoms with E-state index in [-0.39, 0.29) is 17.7 Å². The van der Waals surface area contributed by atoms with Gasteiger partial charge in [-0.1, -0.05) is 36.4 Å². The molecule has 2 atom stereocenters. The van der Waals surface area contributed by atoms with Crippen molar-refractivity contribution in [1.29, 1.82) is 0 Å². The normalized spacial score (nSPS) is 21.7. The van der Waals surface area contributed by atoms with Crippen LogP contribution in [0.5, 0.6) is 0 Å². The molecule has 6 heteroatoms. The summed E-state index contributed by atoms with van der Waals surface area (Å²) in [7, 11) is 0. The Labute approximate surface area is 145 Å². The highest BCUT2D eigenvalue weighted by Crippen LogP contribution is 2.37. The van der Waals surface area contributed by atoms with E-state index in [4.69, 9.17) is 12.2 Å². The molecule has 2 heterocycles. The first-order valence-electron chi connectivity index (χ1n) is 8.09. The standard InChI is InChI=1S/C18H18N4OS/c1-2-21-16(19-20-18(21)24)11-22-14-9-5-3-7-12(14)17(23)13-8-4-6-10-15(13)22/h3-10,12,14H,2,11H2,1H3,(H,20,24). The number of aromatic amines is 1. The Morgan fingerprint density at radius 1 is 1.25 bits per heavy atom. The minimum atomic E-state index is -0.151. The van der Waals surface area contributed by atoms with Crippen LogP contribution in [0.15, 0.2) is 48.6 Å². The van der Waals surface area contributed by atoms with Crippen molar-refractivity contribution in [2.45, 2.75) is 26.1 Å². The number of hydrogen-bond donors (Lipinski definition) is 1. The van der Waals surface area contributed by atoms with Crippen molar-refractivity contribution in [1.82, 2.24) is 14.8 Å². The van der Waals surface area contributed by atoms with E-state index < -0.39 is 0 Å². The van der Waals surface area contributed by atoms with Gasteiger partial charge in [0.15, 0.2) is 16.4 Å². The fourth-order valence-electron chi connectivity index (χ4n) is 3.55. The lowest BCUT2D eigenvalue weighted by molar-refractivity contribution is 0.0927. The van der Waals surface area contributed by atoms with Crippen LogP contribution in [0.2, 0.25) is 0 Å². The summed E-state index contributed by atoms with van der Waals surface area (Å²) in [5.41, 5.74) is 1.73. The zero-order chi connectivity index (χ0) is 16.7. The predicted molar refractivity (Wildman–Crippen MR) is 95.6 cm³/mol. The van der Waals surface area contributed by atoms with Gasteiger partial charge in [0.2, 0.25) is 0 Å². The van der Waals surface area contributed by atoms with Gasteiger partial charge in [0.05, 0.1) is 18.5 Å². The first-order chi connectivity index (χ1) is 11.7. The highest BCUT2D eigenvalue weighted by atomic mass is 32.1. The average molecular weight is 338 g/mol. The molecule has 0 saturated carbocycles. The molecule has 0 bridgehead atoms. The fraction of sp³-hybridized carbons (Fsp3) is 0.278. The van der Waals surface area contributed by atoms with Crippen molar-refractivity contribution in [3.8, 4) is 0 Å². The quantitative estimate of drug-likeness (QED) is 0.873. The molecule has 1 N–H and O–H groups in total. The third-order valence-corrected chi connectivity index (χ3v) is 5.02. The first kappa shape index (κ1) is 15.1. The van der Waals surface area contributed by atoms with E-state index in [0.717, 1.165) is 23.6 Å². The average Bonchev–Trinajstić information content (AvgIpc) is 2.98. The third kappa shape index (κ3) is 2.26. The molecule has 1 aliphatic carbocycles. The van der Waals surface area contributed by atoms with Crippen LogP contribution >= 0.6 is 12.2 Å². The number of nitrogens with zero attached hydrogens (tertiary/aromatic N) is 3. The summed E-state index contributed by atoms with van der Waals surface area (Å²) in [4.78, 5) is 15.1. The van der Waals surface area contributed by atoms with Crippen LogP contribution in [-0.4, -0.2) is 26.6 Å². The minimum absolute atomic E-state index is 0.00739. The number of rotatable bonds is 3. The molecule has 0 amide bonds. The number of para-hydroxylation sites is 1. The summed E-state index contributed by atoms with van der Waals surface area (Å²) in [5.74, 6) is 0.914. The van der Waals surface area contributed by atoms with Crippen LogP contribution in [0.1, 0.15) is 23.1 Å². The van der Waals surface area contributed by atoms with Gasteiger partial charge < -0.3 is 9.47 Å². The van der Waals surface area contributed by atoms with Crippen LogP contribution in [-0.2, 0) is 13.1 Å². The summed E-state index contributed by atoms with van der Waals surface area (Å²) >= 11 is 5.30. The SMILES string of the molecule is CCn1c(CN2c3ccccc3C(=O)C3C=CC=CC32)n[nH]c1=S. The van der Waals surface area contributed by atoms with E-state index in [0.29, 0.717) is 11.3 Å². The Morgan fingerprint density at radius 2 is 2.04 bits per heavy atom. The second-order valence-electron chi connectivity index (χ2n) is 5.98. The lowest BCUT2D eigenvalue weighted by atomic mass is 9.82. The number of Topliss-reactive ketones (excluding diaryl/α,β-unsaturated/α-hetero) is 1. The van der Waals surface area contributed by atoms with Gasteiger partial charge in [-0.25, -0.2) is 0 Å². The molecule has 24 heavy (non-hydrogen) atoms. The number of fused-ring (bicyclic) bond motifs is 2. The summed E-state index contributed by atoms with van der Waals surface area (Å²) in [5, 5.41) is 7.26. The number of aromatic nitrogens is 3. The topological polar surface area (TPSA) is 53.9 Å². The molecule has 122 valence electrons. The molecule has 2 aromatic rings. The molecule has 0 radical (unpaired) electrons. The van der Waals surface area contributed by atoms with Gasteiger partial charge in [-0.15, -0.1) is 0 Å². The zero-order valence-electron chi connectivity index (χ0n) is 13.3. The van der Waals surface area contributed by atoms with Crippen molar-refractivity contribution in [3.63, 3.8) is 0 Å². The summed E-state index contributed by atoms with van der Waals surface area (Å²) in [6.45, 7) is 3.42. The molecule has 1 aromatic heterocycles. The number of anilines is 1. The number of allylic oxidation sites excluding steroid dienone is 2. The molecule has 0 spiro atoms. The second kappa shape index (κ2) is 5.87. The maximum Gasteiger partial charge on any atom is 0.195 e. The Kier molecular flexibility index (Phi) is 3.69. The van der Waals surface area contributed by atoms with Crippen molar-refractivity contribution >= 4 is 23.7 Å². The van der Waals surface area contributed by atoms with Crippen molar-refractivity contribution in [2.75, 3.05) is 4.90 Å². The van der Waals surface area contributed by atoms with Gasteiger partial charge in [0.1, 0.15) is 0 Å². The number of H-pyrrole nitrogens is 1. The molecular formula is C18H18N4OS. The highest BCUT2D eigenvalue weighted by molar-refractivity contribution is 7.71. The highest BCUT2D eigenvalue weighted by Gasteiger charge is 2.38. The molecule has 0 saturated heterocycles. The van der Waals surface area contributed by atoms with Gasteiger partial charge in [-0.3, -0.25) is 9.89 Å². The van der Waals surface area contributed by atoms with E-state index in [1.54, 1.807) is 0 Å². The van der Waals surface area contributed by atoms with Crippen LogP contribution < -0.4 is 4.90 Å². The van der Waals surface area contributed by atoms with Crippen LogP contribution in [0.4, 0.5) is 5.69 Å². The predicted octanol–water partition coefficient (Wildman–Crippen LogP) is 3.27. The third-order valence-electron chi connectivity index (χ3n) is 4.71. The van der Waals surface area contributed by atoms with Crippen molar-refractivity contribution in [2.24, 2.45) is 5.92 Å². The molecule has 1 aliphatic heterocycles. The number of nitrogens with one attached hydrogen (secondary N) is 1. The number of ketones is 1. The van der Waals surface area contributed by atoms with Gasteiger partial charge >= 0.3 is 0 Å². The lowest BCUT2D eigenvalue weighted by Gasteiger charge is -2.41. The van der Waals surface area contributed by atoms with Crippen molar-refractivity contribution < 1.29 is 4.79 Å². The number of carbonyl (C=O) groups is 1. The maximum absolute atomic E-state index is 12.8. The molecule has 2 unspecified atom stereocenters. The maximum atomic E-state index is 12.8. The summed E-state index contributed by atoms with van der Waals surface area (Å²) in [6.07, 6.45) is 8.04. The number of hydrogen-bond acceptors (Lipinski definition) is 4. The lowest BCUT2D eigenvalue weighted by Crippen LogP contribution is -2.47. The first-order valence-corrected chi connectivity index (χ1v) is 8.50. The Morgan fingerprint density at radius 3 is 2.88 bits per heavy atom. The van der Waals surface area contributed by atoms with Crippen LogP contribution in [0, 0.1) is 10.7 Å². The van der Waals surface area contributed by atoms with E-state index in [9.17, 15) is 4.79 Å². The van der Waals surface area contributed by atoms with E-state index in [1.807, 2.05) is 47.1 Å². The largest absolute Gasteiger partial charge is 0.356 e. The van der Waals surface area contributed by atoms with E-state index >= 15 is 0 Å². The van der Waals surface area contributed by atoms with Crippen molar-refractivity contribution in [3.05, 3.63) is 64.7 Å². The molecule has 4 rings (SSSR count). The van der Waals surface area contributed by atoms with Gasteiger partial charge in [-0.2, -0.15) is 5.10 Å². The molecule has 2 aliphatic rings. The van der Waals surface area contributed by atoms with E-state index in [2.05, 4.69) is 28.1 Å². The molecule has 1 aromatic carbocycles. The monoisotopic (exact) mass is 338 g/mol. The number of carbonyl (C=O) groups excluding carboxylic acids is 1. The summed E-state index contributed by atoms with van der Waals surface area (Å²) in [6, 6.07) is 7.81. The van der Waals surface area contributed by atoms with Gasteiger partial charge in [0, 0.05) is 17.8 Å². The molecular weight excluding hydrogens is 320 g/mol. The second-order valence-corrected chi connectivity index (χ2v) is 6.37. The fourth-order valence-corrected chi connectivity index (χ4v) is 3.83. The van der Waals surface area contributed by atoms with E-state index in [1.165, 1.54) is 0 Å². The smallest absolute Gasteiger partial charge is 0.195 e. The summed E-state index contributed by atoms with van der Waals surface area (Å²) < 4.78 is 2.62. The van der Waals surface area contributed by atoms with Crippen LogP contribution in [0.25, 0.3) is 0 Å². The Balaban J connectivity index is 1.81. The molecule has 5 nitrogen and oxygen atoms in total.